The van der Waals surface area contributed by atoms with Crippen LogP contribution in [0.1, 0.15) is 23.9 Å². The molecule has 31 heavy (non-hydrogen) atoms. The maximum atomic E-state index is 5.86. The molecule has 0 radical (unpaired) electrons. The molecular weight excluding hydrogens is 388 g/mol. The van der Waals surface area contributed by atoms with Gasteiger partial charge in [-0.15, -0.1) is 0 Å². The summed E-state index contributed by atoms with van der Waals surface area (Å²) in [5.41, 5.74) is 2.67. The summed E-state index contributed by atoms with van der Waals surface area (Å²) in [6, 6.07) is 16.9. The predicted molar refractivity (Wildman–Crippen MR) is 122 cm³/mol. The normalized spacial score (nSPS) is 15.2. The van der Waals surface area contributed by atoms with Crippen LogP contribution in [0.4, 0.5) is 0 Å². The minimum Gasteiger partial charge on any atom is -0.494 e. The minimum absolute atomic E-state index is 0.485. The summed E-state index contributed by atoms with van der Waals surface area (Å²) in [6.45, 7) is 9.57. The van der Waals surface area contributed by atoms with Crippen molar-refractivity contribution in [1.82, 2.24) is 19.4 Å². The molecule has 1 aliphatic heterocycles. The number of piperazine rings is 1. The van der Waals surface area contributed by atoms with Crippen molar-refractivity contribution in [1.29, 1.82) is 0 Å². The van der Waals surface area contributed by atoms with Gasteiger partial charge in [0, 0.05) is 58.7 Å². The number of hydrogen-bond acceptors (Lipinski definition) is 5. The summed E-state index contributed by atoms with van der Waals surface area (Å²) in [7, 11) is 1.98. The zero-order valence-corrected chi connectivity index (χ0v) is 18.5. The van der Waals surface area contributed by atoms with E-state index in [1.54, 1.807) is 6.20 Å². The summed E-state index contributed by atoms with van der Waals surface area (Å²) < 4.78 is 13.4. The number of aromatic nitrogens is 2. The SMILES string of the molecule is CCOc1ccc(CN2CCN(Cc3ccc(OCc4nccn4C)cc3)CC2)cc1. The Hall–Kier alpha value is -2.83. The number of aryl methyl sites for hydroxylation is 1. The van der Waals surface area contributed by atoms with E-state index in [-0.39, 0.29) is 0 Å². The predicted octanol–water partition coefficient (Wildman–Crippen LogP) is 3.72. The molecular formula is C25H32N4O2. The van der Waals surface area contributed by atoms with Crippen molar-refractivity contribution in [2.45, 2.75) is 26.6 Å². The first-order chi connectivity index (χ1) is 15.2. The monoisotopic (exact) mass is 420 g/mol. The molecule has 3 aromatic rings. The van der Waals surface area contributed by atoms with Gasteiger partial charge in [0.2, 0.25) is 0 Å². The smallest absolute Gasteiger partial charge is 0.146 e. The van der Waals surface area contributed by atoms with Crippen LogP contribution in [0.2, 0.25) is 0 Å². The largest absolute Gasteiger partial charge is 0.494 e. The fourth-order valence-electron chi connectivity index (χ4n) is 3.85. The highest BCUT2D eigenvalue weighted by Crippen LogP contribution is 2.17. The lowest BCUT2D eigenvalue weighted by atomic mass is 10.1. The van der Waals surface area contributed by atoms with Crippen molar-refractivity contribution in [3.63, 3.8) is 0 Å². The maximum Gasteiger partial charge on any atom is 0.146 e. The van der Waals surface area contributed by atoms with E-state index < -0.39 is 0 Å². The first kappa shape index (κ1) is 21.4. The van der Waals surface area contributed by atoms with Gasteiger partial charge in [-0.1, -0.05) is 24.3 Å². The van der Waals surface area contributed by atoms with Crippen LogP contribution < -0.4 is 9.47 Å². The first-order valence-corrected chi connectivity index (χ1v) is 11.0. The van der Waals surface area contributed by atoms with E-state index in [0.29, 0.717) is 13.2 Å². The third-order valence-corrected chi connectivity index (χ3v) is 5.72. The second-order valence-corrected chi connectivity index (χ2v) is 8.02. The Labute approximate surface area is 185 Å². The Morgan fingerprint density at radius 3 is 1.74 bits per heavy atom. The standard InChI is InChI=1S/C25H32N4O2/c1-3-30-23-8-4-21(5-9-23)18-28-14-16-29(17-15-28)19-22-6-10-24(11-7-22)31-20-25-26-12-13-27(25)2/h4-13H,3,14-20H2,1-2H3. The van der Waals surface area contributed by atoms with Crippen molar-refractivity contribution in [2.24, 2.45) is 7.05 Å². The molecule has 6 nitrogen and oxygen atoms in total. The van der Waals surface area contributed by atoms with Crippen LogP contribution in [0.25, 0.3) is 0 Å². The molecule has 1 aliphatic rings. The number of hydrogen-bond donors (Lipinski definition) is 0. The molecule has 0 aliphatic carbocycles. The summed E-state index contributed by atoms with van der Waals surface area (Å²) in [5, 5.41) is 0. The van der Waals surface area contributed by atoms with E-state index in [4.69, 9.17) is 9.47 Å². The molecule has 6 heteroatoms. The molecule has 1 fully saturated rings. The Morgan fingerprint density at radius 2 is 1.29 bits per heavy atom. The van der Waals surface area contributed by atoms with Crippen LogP contribution in [0.15, 0.2) is 60.9 Å². The third-order valence-electron chi connectivity index (χ3n) is 5.72. The fraction of sp³-hybridized carbons (Fsp3) is 0.400. The van der Waals surface area contributed by atoms with E-state index in [1.807, 2.05) is 24.7 Å². The average Bonchev–Trinajstić information content (AvgIpc) is 3.21. The Bertz CT molecular complexity index is 929. The van der Waals surface area contributed by atoms with Gasteiger partial charge in [0.05, 0.1) is 6.61 Å². The van der Waals surface area contributed by atoms with Gasteiger partial charge < -0.3 is 14.0 Å². The van der Waals surface area contributed by atoms with Gasteiger partial charge in [0.25, 0.3) is 0 Å². The molecule has 0 bridgehead atoms. The summed E-state index contributed by atoms with van der Waals surface area (Å²) in [4.78, 5) is 9.35. The van der Waals surface area contributed by atoms with E-state index in [1.165, 1.54) is 11.1 Å². The number of rotatable bonds is 9. The third kappa shape index (κ3) is 6.09. The van der Waals surface area contributed by atoms with Crippen LogP contribution in [0.5, 0.6) is 11.5 Å². The zero-order valence-electron chi connectivity index (χ0n) is 18.5. The molecule has 1 saturated heterocycles. The van der Waals surface area contributed by atoms with Gasteiger partial charge in [-0.05, 0) is 42.3 Å². The molecule has 0 saturated carbocycles. The summed E-state index contributed by atoms with van der Waals surface area (Å²) in [5.74, 6) is 2.75. The Balaban J connectivity index is 1.20. The lowest BCUT2D eigenvalue weighted by molar-refractivity contribution is 0.122. The molecule has 0 amide bonds. The lowest BCUT2D eigenvalue weighted by Gasteiger charge is -2.34. The van der Waals surface area contributed by atoms with Gasteiger partial charge in [-0.2, -0.15) is 0 Å². The van der Waals surface area contributed by atoms with Crippen molar-refractivity contribution < 1.29 is 9.47 Å². The molecule has 0 N–H and O–H groups in total. The minimum atomic E-state index is 0.485. The Morgan fingerprint density at radius 1 is 0.774 bits per heavy atom. The van der Waals surface area contributed by atoms with Crippen LogP contribution in [-0.4, -0.2) is 52.1 Å². The van der Waals surface area contributed by atoms with Gasteiger partial charge in [0.15, 0.2) is 0 Å². The molecule has 2 aromatic carbocycles. The second kappa shape index (κ2) is 10.5. The van der Waals surface area contributed by atoms with Gasteiger partial charge in [0.1, 0.15) is 23.9 Å². The number of benzene rings is 2. The summed E-state index contributed by atoms with van der Waals surface area (Å²) in [6.07, 6.45) is 3.72. The van der Waals surface area contributed by atoms with E-state index >= 15 is 0 Å². The number of imidazole rings is 1. The highest BCUT2D eigenvalue weighted by atomic mass is 16.5. The quantitative estimate of drug-likeness (QED) is 0.528. The molecule has 1 aromatic heterocycles. The molecule has 0 unspecified atom stereocenters. The van der Waals surface area contributed by atoms with E-state index in [2.05, 4.69) is 63.3 Å². The van der Waals surface area contributed by atoms with Crippen LogP contribution >= 0.6 is 0 Å². The highest BCUT2D eigenvalue weighted by Gasteiger charge is 2.17. The van der Waals surface area contributed by atoms with Gasteiger partial charge >= 0.3 is 0 Å². The average molecular weight is 421 g/mol. The molecule has 164 valence electrons. The molecule has 4 rings (SSSR count). The van der Waals surface area contributed by atoms with Crippen molar-refractivity contribution >= 4 is 0 Å². The number of ether oxygens (including phenoxy) is 2. The highest BCUT2D eigenvalue weighted by molar-refractivity contribution is 5.28. The van der Waals surface area contributed by atoms with Crippen LogP contribution in [0, 0.1) is 0 Å². The topological polar surface area (TPSA) is 42.8 Å². The maximum absolute atomic E-state index is 5.86. The van der Waals surface area contributed by atoms with Crippen LogP contribution in [-0.2, 0) is 26.7 Å². The molecule has 2 heterocycles. The zero-order chi connectivity index (χ0) is 21.5. The summed E-state index contributed by atoms with van der Waals surface area (Å²) >= 11 is 0. The van der Waals surface area contributed by atoms with Gasteiger partial charge in [-0.3, -0.25) is 9.80 Å². The van der Waals surface area contributed by atoms with Crippen molar-refractivity contribution in [3.05, 3.63) is 77.9 Å². The van der Waals surface area contributed by atoms with Crippen molar-refractivity contribution in [2.75, 3.05) is 32.8 Å². The molecule has 0 spiro atoms. The second-order valence-electron chi connectivity index (χ2n) is 8.02. The number of nitrogens with zero attached hydrogens (tertiary/aromatic N) is 4. The van der Waals surface area contributed by atoms with Crippen LogP contribution in [0.3, 0.4) is 0 Å². The lowest BCUT2D eigenvalue weighted by Crippen LogP contribution is -2.45. The molecule has 0 atom stereocenters. The van der Waals surface area contributed by atoms with Gasteiger partial charge in [-0.25, -0.2) is 4.98 Å². The van der Waals surface area contributed by atoms with E-state index in [9.17, 15) is 0 Å². The Kier molecular flexibility index (Phi) is 7.22. The first-order valence-electron chi connectivity index (χ1n) is 11.0. The van der Waals surface area contributed by atoms with E-state index in [0.717, 1.165) is 56.6 Å². The fourth-order valence-corrected chi connectivity index (χ4v) is 3.85. The van der Waals surface area contributed by atoms with Crippen molar-refractivity contribution in [3.8, 4) is 11.5 Å².